The summed E-state index contributed by atoms with van der Waals surface area (Å²) in [6.07, 6.45) is 15.9. The highest BCUT2D eigenvalue weighted by molar-refractivity contribution is 6.55. The van der Waals surface area contributed by atoms with E-state index >= 15 is 0 Å². The molecule has 0 rings (SSSR count). The molecule has 0 radical (unpaired) electrons. The van der Waals surface area contributed by atoms with Crippen LogP contribution in [0, 0.1) is 0 Å². The molecule has 0 saturated carbocycles. The molecule has 0 N–H and O–H groups in total. The fourth-order valence-corrected chi connectivity index (χ4v) is 1.22. The van der Waals surface area contributed by atoms with Crippen LogP contribution < -0.4 is 0 Å². The largest absolute Gasteiger partial charge is 0.191 e. The van der Waals surface area contributed by atoms with Gasteiger partial charge in [0.15, 0.2) is 7.28 Å². The minimum Gasteiger partial charge on any atom is -0.0991 e. The molecule has 15 heavy (non-hydrogen) atoms. The maximum atomic E-state index is 3.71. The smallest absolute Gasteiger partial charge is 0.0991 e. The molecule has 0 saturated heterocycles. The summed E-state index contributed by atoms with van der Waals surface area (Å²) >= 11 is 0. The first-order chi connectivity index (χ1) is 7.28. The van der Waals surface area contributed by atoms with E-state index in [-0.39, 0.29) is 0 Å². The first-order valence-corrected chi connectivity index (χ1v) is 5.17. The van der Waals surface area contributed by atoms with Crippen LogP contribution in [0.15, 0.2) is 72.7 Å². The van der Waals surface area contributed by atoms with E-state index in [9.17, 15) is 0 Å². The normalized spacial score (nSPS) is 13.5. The summed E-state index contributed by atoms with van der Waals surface area (Å²) in [6, 6.07) is 0. The van der Waals surface area contributed by atoms with Gasteiger partial charge in [-0.05, 0) is 13.8 Å². The van der Waals surface area contributed by atoms with Gasteiger partial charge >= 0.3 is 0 Å². The van der Waals surface area contributed by atoms with E-state index in [0.29, 0.717) is 0 Å². The van der Waals surface area contributed by atoms with Crippen molar-refractivity contribution >= 4 is 7.28 Å². The van der Waals surface area contributed by atoms with Gasteiger partial charge in [-0.1, -0.05) is 72.7 Å². The second-order valence-corrected chi connectivity index (χ2v) is 3.11. The zero-order valence-electron chi connectivity index (χ0n) is 9.74. The van der Waals surface area contributed by atoms with E-state index in [2.05, 4.69) is 44.4 Å². The maximum Gasteiger partial charge on any atom is 0.191 e. The molecule has 78 valence electrons. The second kappa shape index (κ2) is 9.08. The molecule has 0 amide bonds. The number of rotatable bonds is 6. The average Bonchev–Trinajstić information content (AvgIpc) is 2.25. The van der Waals surface area contributed by atoms with Gasteiger partial charge in [0.1, 0.15) is 0 Å². The number of hydrogen-bond acceptors (Lipinski definition) is 0. The molecular weight excluding hydrogens is 179 g/mol. The SMILES string of the molecule is C=C/C=C\C(BC(/C=C\C)=C/C)=C/C=C. The van der Waals surface area contributed by atoms with E-state index < -0.39 is 0 Å². The van der Waals surface area contributed by atoms with Crippen LogP contribution in [0.4, 0.5) is 0 Å². The quantitative estimate of drug-likeness (QED) is 0.450. The van der Waals surface area contributed by atoms with Crippen molar-refractivity contribution in [2.75, 3.05) is 0 Å². The Kier molecular flexibility index (Phi) is 8.17. The Morgan fingerprint density at radius 2 is 1.73 bits per heavy atom. The molecule has 0 atom stereocenters. The van der Waals surface area contributed by atoms with Crippen molar-refractivity contribution in [3.8, 4) is 0 Å². The van der Waals surface area contributed by atoms with E-state index in [0.717, 1.165) is 7.28 Å². The van der Waals surface area contributed by atoms with Gasteiger partial charge in [0.25, 0.3) is 0 Å². The molecule has 0 aromatic heterocycles. The third-order valence-electron chi connectivity index (χ3n) is 1.94. The molecule has 0 spiro atoms. The molecule has 0 unspecified atom stereocenters. The van der Waals surface area contributed by atoms with Crippen molar-refractivity contribution in [2.24, 2.45) is 0 Å². The van der Waals surface area contributed by atoms with Gasteiger partial charge in [-0.3, -0.25) is 0 Å². The van der Waals surface area contributed by atoms with Crippen molar-refractivity contribution in [3.63, 3.8) is 0 Å². The highest BCUT2D eigenvalue weighted by Gasteiger charge is 1.97. The summed E-state index contributed by atoms with van der Waals surface area (Å²) in [5.74, 6) is 0. The molecule has 0 fully saturated rings. The van der Waals surface area contributed by atoms with E-state index in [4.69, 9.17) is 0 Å². The highest BCUT2D eigenvalue weighted by atomic mass is 13.8. The Morgan fingerprint density at radius 1 is 1.00 bits per heavy atom. The van der Waals surface area contributed by atoms with Crippen molar-refractivity contribution in [2.45, 2.75) is 13.8 Å². The molecule has 0 aromatic carbocycles. The first kappa shape index (κ1) is 13.5. The summed E-state index contributed by atoms with van der Waals surface area (Å²) in [5, 5.41) is 0. The predicted octanol–water partition coefficient (Wildman–Crippen LogP) is 3.71. The van der Waals surface area contributed by atoms with Crippen LogP contribution in [0.5, 0.6) is 0 Å². The number of allylic oxidation sites excluding steroid dienone is 10. The van der Waals surface area contributed by atoms with Crippen LogP contribution in [0.25, 0.3) is 0 Å². The van der Waals surface area contributed by atoms with Crippen molar-refractivity contribution in [1.82, 2.24) is 0 Å². The number of hydrogen-bond donors (Lipinski definition) is 0. The Labute approximate surface area is 94.3 Å². The molecular formula is C14H19B. The Balaban J connectivity index is 4.67. The van der Waals surface area contributed by atoms with Crippen LogP contribution in [0.2, 0.25) is 0 Å². The molecule has 1 heteroatoms. The molecule has 0 aliphatic carbocycles. The molecule has 0 nitrogen and oxygen atoms in total. The van der Waals surface area contributed by atoms with Gasteiger partial charge in [0, 0.05) is 0 Å². The van der Waals surface area contributed by atoms with Crippen molar-refractivity contribution < 1.29 is 0 Å². The van der Waals surface area contributed by atoms with Gasteiger partial charge in [0.05, 0.1) is 0 Å². The van der Waals surface area contributed by atoms with Crippen molar-refractivity contribution in [3.05, 3.63) is 72.7 Å². The molecule has 0 aliphatic heterocycles. The van der Waals surface area contributed by atoms with Crippen molar-refractivity contribution in [1.29, 1.82) is 0 Å². The molecule has 0 aliphatic rings. The van der Waals surface area contributed by atoms with Crippen LogP contribution in [-0.4, -0.2) is 7.28 Å². The highest BCUT2D eigenvalue weighted by Crippen LogP contribution is 2.04. The van der Waals surface area contributed by atoms with Crippen LogP contribution in [0.1, 0.15) is 13.8 Å². The van der Waals surface area contributed by atoms with Gasteiger partial charge in [-0.25, -0.2) is 0 Å². The van der Waals surface area contributed by atoms with Crippen LogP contribution in [0.3, 0.4) is 0 Å². The first-order valence-electron chi connectivity index (χ1n) is 5.17. The fraction of sp³-hybridized carbons (Fsp3) is 0.143. The Morgan fingerprint density at radius 3 is 2.20 bits per heavy atom. The minimum atomic E-state index is 0.928. The zero-order valence-corrected chi connectivity index (χ0v) is 9.74. The van der Waals surface area contributed by atoms with Gasteiger partial charge in [-0.15, -0.1) is 0 Å². The van der Waals surface area contributed by atoms with Gasteiger partial charge < -0.3 is 0 Å². The third kappa shape index (κ3) is 6.56. The lowest BCUT2D eigenvalue weighted by atomic mass is 9.62. The summed E-state index contributed by atoms with van der Waals surface area (Å²) in [7, 11) is 0.928. The fourth-order valence-electron chi connectivity index (χ4n) is 1.22. The van der Waals surface area contributed by atoms with Gasteiger partial charge in [0.2, 0.25) is 0 Å². The average molecular weight is 198 g/mol. The lowest BCUT2D eigenvalue weighted by Gasteiger charge is -2.00. The Hall–Kier alpha value is -1.50. The lowest BCUT2D eigenvalue weighted by molar-refractivity contribution is 1.64. The molecule has 0 aromatic rings. The monoisotopic (exact) mass is 198 g/mol. The predicted molar refractivity (Wildman–Crippen MR) is 73.3 cm³/mol. The van der Waals surface area contributed by atoms with E-state index in [1.54, 1.807) is 6.08 Å². The summed E-state index contributed by atoms with van der Waals surface area (Å²) in [5.41, 5.74) is 2.54. The van der Waals surface area contributed by atoms with Gasteiger partial charge in [-0.2, -0.15) is 0 Å². The standard InChI is InChI=1S/C14H19B/c1-5-9-12-14(11-7-3)15-13(8-4)10-6-2/h5-12,15H,1,3H2,2,4H3/b10-6-,12-9-,13-8+,14-11+. The van der Waals surface area contributed by atoms with E-state index in [1.807, 2.05) is 25.2 Å². The maximum absolute atomic E-state index is 3.71. The third-order valence-corrected chi connectivity index (χ3v) is 1.94. The van der Waals surface area contributed by atoms with Crippen LogP contribution >= 0.6 is 0 Å². The minimum absolute atomic E-state index is 0.928. The Bertz CT molecular complexity index is 314. The summed E-state index contributed by atoms with van der Waals surface area (Å²) < 4.78 is 0. The second-order valence-electron chi connectivity index (χ2n) is 3.11. The summed E-state index contributed by atoms with van der Waals surface area (Å²) in [6.45, 7) is 11.5. The summed E-state index contributed by atoms with van der Waals surface area (Å²) in [4.78, 5) is 0. The van der Waals surface area contributed by atoms with E-state index in [1.165, 1.54) is 10.9 Å². The van der Waals surface area contributed by atoms with Crippen LogP contribution in [-0.2, 0) is 0 Å². The topological polar surface area (TPSA) is 0 Å². The lowest BCUT2D eigenvalue weighted by Crippen LogP contribution is -1.97. The zero-order chi connectivity index (χ0) is 11.5. The molecule has 0 heterocycles. The molecule has 0 bridgehead atoms.